The van der Waals surface area contributed by atoms with Gasteiger partial charge in [0.25, 0.3) is 0 Å². The lowest BCUT2D eigenvalue weighted by molar-refractivity contribution is -0.116. The Morgan fingerprint density at radius 2 is 2.07 bits per heavy atom. The van der Waals surface area contributed by atoms with Gasteiger partial charge in [-0.25, -0.2) is 0 Å². The Hall–Kier alpha value is -1.58. The first kappa shape index (κ1) is 11.5. The first-order valence-electron chi connectivity index (χ1n) is 5.04. The highest BCUT2D eigenvalue weighted by molar-refractivity contribution is 5.91. The van der Waals surface area contributed by atoms with Gasteiger partial charge in [-0.1, -0.05) is 13.8 Å². The summed E-state index contributed by atoms with van der Waals surface area (Å²) in [5, 5.41) is 5.77. The van der Waals surface area contributed by atoms with Crippen molar-refractivity contribution in [2.75, 3.05) is 17.7 Å². The molecule has 1 amide bonds. The normalized spacial score (nSPS) is 10.1. The molecule has 4 nitrogen and oxygen atoms in total. The summed E-state index contributed by atoms with van der Waals surface area (Å²) in [7, 11) is 1.82. The number of amides is 1. The fourth-order valence-corrected chi connectivity index (χ4v) is 1.23. The molecule has 0 aliphatic rings. The number of aromatic nitrogens is 1. The average Bonchev–Trinajstić information content (AvgIpc) is 2.16. The Balaban J connectivity index is 2.60. The quantitative estimate of drug-likeness (QED) is 0.795. The lowest BCUT2D eigenvalue weighted by atomic mass is 10.1. The molecular formula is C11H17N3O. The summed E-state index contributed by atoms with van der Waals surface area (Å²) >= 11 is 0. The van der Waals surface area contributed by atoms with Crippen LogP contribution in [0.15, 0.2) is 18.5 Å². The zero-order valence-corrected chi connectivity index (χ0v) is 9.37. The van der Waals surface area contributed by atoms with Gasteiger partial charge in [-0.3, -0.25) is 9.78 Å². The number of carbonyl (C=O) groups is 1. The van der Waals surface area contributed by atoms with E-state index in [1.54, 1.807) is 12.4 Å². The van der Waals surface area contributed by atoms with Gasteiger partial charge in [-0.15, -0.1) is 0 Å². The van der Waals surface area contributed by atoms with Gasteiger partial charge >= 0.3 is 0 Å². The van der Waals surface area contributed by atoms with Gasteiger partial charge in [-0.05, 0) is 12.0 Å². The average molecular weight is 207 g/mol. The van der Waals surface area contributed by atoms with Crippen LogP contribution in [0.5, 0.6) is 0 Å². The van der Waals surface area contributed by atoms with Crippen molar-refractivity contribution in [3.63, 3.8) is 0 Å². The van der Waals surface area contributed by atoms with Crippen molar-refractivity contribution in [1.29, 1.82) is 0 Å². The van der Waals surface area contributed by atoms with Crippen LogP contribution in [0.4, 0.5) is 11.4 Å². The second kappa shape index (κ2) is 5.34. The van der Waals surface area contributed by atoms with E-state index >= 15 is 0 Å². The van der Waals surface area contributed by atoms with Crippen LogP contribution in [0.1, 0.15) is 20.3 Å². The Bertz CT molecular complexity index is 336. The number of rotatable bonds is 4. The van der Waals surface area contributed by atoms with E-state index in [9.17, 15) is 4.79 Å². The van der Waals surface area contributed by atoms with Crippen LogP contribution in [-0.4, -0.2) is 17.9 Å². The first-order chi connectivity index (χ1) is 7.11. The lowest BCUT2D eigenvalue weighted by Crippen LogP contribution is -2.14. The van der Waals surface area contributed by atoms with E-state index in [0.29, 0.717) is 12.3 Å². The van der Waals surface area contributed by atoms with Crippen molar-refractivity contribution in [1.82, 2.24) is 4.98 Å². The van der Waals surface area contributed by atoms with E-state index < -0.39 is 0 Å². The molecule has 0 atom stereocenters. The number of pyridine rings is 1. The molecule has 0 radical (unpaired) electrons. The third kappa shape index (κ3) is 3.97. The summed E-state index contributed by atoms with van der Waals surface area (Å²) in [6.07, 6.45) is 3.88. The van der Waals surface area contributed by atoms with Crippen molar-refractivity contribution in [3.05, 3.63) is 18.5 Å². The van der Waals surface area contributed by atoms with E-state index in [4.69, 9.17) is 0 Å². The summed E-state index contributed by atoms with van der Waals surface area (Å²) < 4.78 is 0. The standard InChI is InChI=1S/C11H17N3O/c1-8(2)4-11(15)14-10-5-9(12-3)6-13-7-10/h5-8,12H,4H2,1-3H3,(H,14,15). The number of nitrogens with one attached hydrogen (secondary N) is 2. The van der Waals surface area contributed by atoms with Gasteiger partial charge in [0.2, 0.25) is 5.91 Å². The fourth-order valence-electron chi connectivity index (χ4n) is 1.23. The molecule has 0 saturated heterocycles. The Kier molecular flexibility index (Phi) is 4.09. The van der Waals surface area contributed by atoms with Gasteiger partial charge in [-0.2, -0.15) is 0 Å². The van der Waals surface area contributed by atoms with E-state index in [0.717, 1.165) is 11.4 Å². The van der Waals surface area contributed by atoms with Crippen molar-refractivity contribution in [2.45, 2.75) is 20.3 Å². The van der Waals surface area contributed by atoms with E-state index in [2.05, 4.69) is 15.6 Å². The highest BCUT2D eigenvalue weighted by atomic mass is 16.1. The van der Waals surface area contributed by atoms with Crippen molar-refractivity contribution < 1.29 is 4.79 Å². The molecule has 1 rings (SSSR count). The molecule has 1 aromatic rings. The molecule has 4 heteroatoms. The van der Waals surface area contributed by atoms with Crippen LogP contribution in [0.3, 0.4) is 0 Å². The van der Waals surface area contributed by atoms with E-state index in [1.807, 2.05) is 27.0 Å². The monoisotopic (exact) mass is 207 g/mol. The molecule has 1 heterocycles. The number of hydrogen-bond acceptors (Lipinski definition) is 3. The minimum atomic E-state index is 0.0278. The molecule has 2 N–H and O–H groups in total. The maximum absolute atomic E-state index is 11.5. The van der Waals surface area contributed by atoms with Gasteiger partial charge in [0.15, 0.2) is 0 Å². The maximum atomic E-state index is 11.5. The van der Waals surface area contributed by atoms with Crippen LogP contribution < -0.4 is 10.6 Å². The van der Waals surface area contributed by atoms with E-state index in [-0.39, 0.29) is 5.91 Å². The van der Waals surface area contributed by atoms with Gasteiger partial charge in [0, 0.05) is 13.5 Å². The minimum absolute atomic E-state index is 0.0278. The smallest absolute Gasteiger partial charge is 0.224 e. The molecule has 0 fully saturated rings. The summed E-state index contributed by atoms with van der Waals surface area (Å²) in [4.78, 5) is 15.5. The minimum Gasteiger partial charge on any atom is -0.387 e. The Labute approximate surface area is 90.1 Å². The SMILES string of the molecule is CNc1cncc(NC(=O)CC(C)C)c1. The number of anilines is 2. The predicted octanol–water partition coefficient (Wildman–Crippen LogP) is 2.11. The molecule has 0 spiro atoms. The molecule has 0 aliphatic heterocycles. The third-order valence-electron chi connectivity index (χ3n) is 1.90. The Morgan fingerprint density at radius 3 is 2.67 bits per heavy atom. The zero-order valence-electron chi connectivity index (χ0n) is 9.37. The summed E-state index contributed by atoms with van der Waals surface area (Å²) in [6.45, 7) is 4.03. The van der Waals surface area contributed by atoms with Crippen LogP contribution in [-0.2, 0) is 4.79 Å². The predicted molar refractivity (Wildman–Crippen MR) is 61.9 cm³/mol. The summed E-state index contributed by atoms with van der Waals surface area (Å²) in [5.74, 6) is 0.394. The van der Waals surface area contributed by atoms with Crippen LogP contribution in [0.2, 0.25) is 0 Å². The van der Waals surface area contributed by atoms with Crippen LogP contribution >= 0.6 is 0 Å². The van der Waals surface area contributed by atoms with Crippen LogP contribution in [0.25, 0.3) is 0 Å². The Morgan fingerprint density at radius 1 is 1.40 bits per heavy atom. The zero-order chi connectivity index (χ0) is 11.3. The maximum Gasteiger partial charge on any atom is 0.224 e. The van der Waals surface area contributed by atoms with E-state index in [1.165, 1.54) is 0 Å². The highest BCUT2D eigenvalue weighted by Crippen LogP contribution is 2.13. The van der Waals surface area contributed by atoms with Crippen molar-refractivity contribution >= 4 is 17.3 Å². The molecule has 82 valence electrons. The molecule has 0 saturated carbocycles. The molecular weight excluding hydrogens is 190 g/mol. The number of hydrogen-bond donors (Lipinski definition) is 2. The molecule has 0 aliphatic carbocycles. The van der Waals surface area contributed by atoms with Crippen molar-refractivity contribution in [3.8, 4) is 0 Å². The first-order valence-corrected chi connectivity index (χ1v) is 5.04. The summed E-state index contributed by atoms with van der Waals surface area (Å²) in [6, 6.07) is 1.85. The van der Waals surface area contributed by atoms with Gasteiger partial charge in [0.05, 0.1) is 23.8 Å². The molecule has 15 heavy (non-hydrogen) atoms. The number of nitrogens with zero attached hydrogens (tertiary/aromatic N) is 1. The summed E-state index contributed by atoms with van der Waals surface area (Å²) in [5.41, 5.74) is 1.62. The second-order valence-electron chi connectivity index (χ2n) is 3.86. The van der Waals surface area contributed by atoms with Gasteiger partial charge < -0.3 is 10.6 Å². The molecule has 0 aromatic carbocycles. The largest absolute Gasteiger partial charge is 0.387 e. The highest BCUT2D eigenvalue weighted by Gasteiger charge is 2.05. The topological polar surface area (TPSA) is 54.0 Å². The lowest BCUT2D eigenvalue weighted by Gasteiger charge is -2.07. The fraction of sp³-hybridized carbons (Fsp3) is 0.455. The molecule has 1 aromatic heterocycles. The molecule has 0 bridgehead atoms. The van der Waals surface area contributed by atoms with Crippen LogP contribution in [0, 0.1) is 5.92 Å². The van der Waals surface area contributed by atoms with Gasteiger partial charge in [0.1, 0.15) is 0 Å². The number of carbonyl (C=O) groups excluding carboxylic acids is 1. The second-order valence-corrected chi connectivity index (χ2v) is 3.86. The third-order valence-corrected chi connectivity index (χ3v) is 1.90. The van der Waals surface area contributed by atoms with Crippen molar-refractivity contribution in [2.24, 2.45) is 5.92 Å². The molecule has 0 unspecified atom stereocenters.